The summed E-state index contributed by atoms with van der Waals surface area (Å²) in [5.41, 5.74) is 1.29. The van der Waals surface area contributed by atoms with Gasteiger partial charge in [0.05, 0.1) is 5.52 Å². The molecule has 72 valence electrons. The first-order valence-electron chi connectivity index (χ1n) is 4.07. The third kappa shape index (κ3) is 1.33. The molecule has 0 aliphatic rings. The number of aromatic nitrogens is 2. The molecule has 2 heterocycles. The summed E-state index contributed by atoms with van der Waals surface area (Å²) in [4.78, 5) is 18.2. The lowest BCUT2D eigenvalue weighted by atomic mass is 10.3. The second-order valence-corrected chi connectivity index (χ2v) is 3.18. The molecule has 0 spiro atoms. The third-order valence-corrected chi connectivity index (χ3v) is 2.27. The molecular formula is C9H8ClN3O. The van der Waals surface area contributed by atoms with E-state index in [9.17, 15) is 4.79 Å². The van der Waals surface area contributed by atoms with Crippen molar-refractivity contribution in [3.63, 3.8) is 0 Å². The molecule has 5 heteroatoms. The Labute approximate surface area is 85.3 Å². The zero-order valence-corrected chi connectivity index (χ0v) is 8.22. The lowest BCUT2D eigenvalue weighted by Gasteiger charge is -1.92. The van der Waals surface area contributed by atoms with Gasteiger partial charge >= 0.3 is 0 Å². The molecule has 14 heavy (non-hydrogen) atoms. The molecule has 4 nitrogen and oxygen atoms in total. The van der Waals surface area contributed by atoms with Crippen molar-refractivity contribution in [3.05, 3.63) is 29.2 Å². The molecule has 2 N–H and O–H groups in total. The Kier molecular flexibility index (Phi) is 2.13. The molecule has 0 aliphatic heterocycles. The molecule has 0 saturated heterocycles. The van der Waals surface area contributed by atoms with Crippen molar-refractivity contribution < 1.29 is 4.79 Å². The van der Waals surface area contributed by atoms with E-state index >= 15 is 0 Å². The Hall–Kier alpha value is -1.55. The van der Waals surface area contributed by atoms with Crippen molar-refractivity contribution in [2.75, 3.05) is 7.05 Å². The van der Waals surface area contributed by atoms with Gasteiger partial charge in [0.25, 0.3) is 5.91 Å². The van der Waals surface area contributed by atoms with Gasteiger partial charge in [0, 0.05) is 18.6 Å². The normalized spacial score (nSPS) is 10.4. The highest BCUT2D eigenvalue weighted by Gasteiger charge is 2.09. The van der Waals surface area contributed by atoms with Gasteiger partial charge in [-0.3, -0.25) is 4.79 Å². The Bertz CT molecular complexity index is 492. The Morgan fingerprint density at radius 2 is 2.43 bits per heavy atom. The first kappa shape index (κ1) is 9.02. The minimum absolute atomic E-state index is 0.169. The van der Waals surface area contributed by atoms with Crippen molar-refractivity contribution in [2.45, 2.75) is 0 Å². The molecule has 2 aromatic heterocycles. The topological polar surface area (TPSA) is 57.8 Å². The average molecular weight is 210 g/mol. The maximum Gasteiger partial charge on any atom is 0.267 e. The molecule has 2 aromatic rings. The van der Waals surface area contributed by atoms with Crippen LogP contribution >= 0.6 is 11.6 Å². The second kappa shape index (κ2) is 3.31. The smallest absolute Gasteiger partial charge is 0.267 e. The number of halogens is 1. The summed E-state index contributed by atoms with van der Waals surface area (Å²) >= 11 is 5.86. The van der Waals surface area contributed by atoms with E-state index < -0.39 is 0 Å². The number of rotatable bonds is 1. The molecule has 0 bridgehead atoms. The van der Waals surface area contributed by atoms with Gasteiger partial charge in [0.2, 0.25) is 0 Å². The van der Waals surface area contributed by atoms with Crippen molar-refractivity contribution in [1.82, 2.24) is 15.3 Å². The maximum absolute atomic E-state index is 11.3. The number of hydrogen-bond acceptors (Lipinski definition) is 2. The highest BCUT2D eigenvalue weighted by molar-refractivity contribution is 6.34. The first-order chi connectivity index (χ1) is 6.72. The van der Waals surface area contributed by atoms with Gasteiger partial charge in [-0.1, -0.05) is 11.6 Å². The van der Waals surface area contributed by atoms with Crippen molar-refractivity contribution in [3.8, 4) is 0 Å². The molecule has 0 fully saturated rings. The zero-order valence-electron chi connectivity index (χ0n) is 7.47. The lowest BCUT2D eigenvalue weighted by molar-refractivity contribution is 0.0959. The molecule has 0 aromatic carbocycles. The van der Waals surface area contributed by atoms with Crippen LogP contribution in [0.3, 0.4) is 0 Å². The second-order valence-electron chi connectivity index (χ2n) is 2.83. The number of aromatic amines is 1. The number of nitrogens with one attached hydrogen (secondary N) is 2. The third-order valence-electron chi connectivity index (χ3n) is 1.97. The summed E-state index contributed by atoms with van der Waals surface area (Å²) in [7, 11) is 1.58. The summed E-state index contributed by atoms with van der Waals surface area (Å²) in [6.07, 6.45) is 1.59. The Balaban J connectivity index is 2.62. The van der Waals surface area contributed by atoms with Gasteiger partial charge in [-0.2, -0.15) is 0 Å². The van der Waals surface area contributed by atoms with Gasteiger partial charge in [-0.15, -0.1) is 0 Å². The maximum atomic E-state index is 11.3. The van der Waals surface area contributed by atoms with Crippen LogP contribution in [-0.2, 0) is 0 Å². The number of hydrogen-bond donors (Lipinski definition) is 2. The van der Waals surface area contributed by atoms with E-state index in [0.717, 1.165) is 10.9 Å². The molecular weight excluding hydrogens is 202 g/mol. The molecule has 2 rings (SSSR count). The molecule has 1 amide bonds. The zero-order chi connectivity index (χ0) is 10.1. The lowest BCUT2D eigenvalue weighted by Crippen LogP contribution is -2.17. The minimum Gasteiger partial charge on any atom is -0.354 e. The molecule has 0 unspecified atom stereocenters. The van der Waals surface area contributed by atoms with E-state index in [-0.39, 0.29) is 5.91 Å². The van der Waals surface area contributed by atoms with Crippen LogP contribution in [0.4, 0.5) is 0 Å². The highest BCUT2D eigenvalue weighted by Crippen LogP contribution is 2.21. The SMILES string of the molecule is CNC(=O)c1cc2c(Cl)nccc2[nH]1. The average Bonchev–Trinajstić information content (AvgIpc) is 2.62. The summed E-state index contributed by atoms with van der Waals surface area (Å²) < 4.78 is 0. The molecule has 0 aliphatic carbocycles. The summed E-state index contributed by atoms with van der Waals surface area (Å²) in [5.74, 6) is -0.169. The Morgan fingerprint density at radius 1 is 1.64 bits per heavy atom. The Morgan fingerprint density at radius 3 is 3.07 bits per heavy atom. The minimum atomic E-state index is -0.169. The fraction of sp³-hybridized carbons (Fsp3) is 0.111. The number of carbonyl (C=O) groups excluding carboxylic acids is 1. The van der Waals surface area contributed by atoms with Crippen LogP contribution in [0, 0.1) is 0 Å². The van der Waals surface area contributed by atoms with E-state index in [0.29, 0.717) is 10.8 Å². The van der Waals surface area contributed by atoms with Crippen molar-refractivity contribution >= 4 is 28.4 Å². The molecule has 0 radical (unpaired) electrons. The first-order valence-corrected chi connectivity index (χ1v) is 4.45. The fourth-order valence-corrected chi connectivity index (χ4v) is 1.49. The van der Waals surface area contributed by atoms with Crippen LogP contribution in [0.1, 0.15) is 10.5 Å². The number of H-pyrrole nitrogens is 1. The highest BCUT2D eigenvalue weighted by atomic mass is 35.5. The van der Waals surface area contributed by atoms with Crippen LogP contribution in [0.5, 0.6) is 0 Å². The van der Waals surface area contributed by atoms with Crippen LogP contribution < -0.4 is 5.32 Å². The molecule has 0 atom stereocenters. The van der Waals surface area contributed by atoms with E-state index in [1.165, 1.54) is 0 Å². The number of pyridine rings is 1. The number of fused-ring (bicyclic) bond motifs is 1. The van der Waals surface area contributed by atoms with E-state index in [1.54, 1.807) is 25.4 Å². The fourth-order valence-electron chi connectivity index (χ4n) is 1.28. The predicted octanol–water partition coefficient (Wildman–Crippen LogP) is 1.58. The van der Waals surface area contributed by atoms with Crippen LogP contribution in [0.15, 0.2) is 18.3 Å². The van der Waals surface area contributed by atoms with E-state index in [2.05, 4.69) is 15.3 Å². The quantitative estimate of drug-likeness (QED) is 0.701. The largest absolute Gasteiger partial charge is 0.354 e. The van der Waals surface area contributed by atoms with Crippen LogP contribution in [0.2, 0.25) is 5.15 Å². The summed E-state index contributed by atoms with van der Waals surface area (Å²) in [6.45, 7) is 0. The van der Waals surface area contributed by atoms with E-state index in [1.807, 2.05) is 0 Å². The monoisotopic (exact) mass is 209 g/mol. The van der Waals surface area contributed by atoms with Crippen LogP contribution in [-0.4, -0.2) is 22.9 Å². The summed E-state index contributed by atoms with van der Waals surface area (Å²) in [5, 5.41) is 3.68. The van der Waals surface area contributed by atoms with Gasteiger partial charge in [0.1, 0.15) is 10.8 Å². The van der Waals surface area contributed by atoms with Gasteiger partial charge in [0.15, 0.2) is 0 Å². The standard InChI is InChI=1S/C9H8ClN3O/c1-11-9(14)7-4-5-6(13-7)2-3-12-8(5)10/h2-4,13H,1H3,(H,11,14). The van der Waals surface area contributed by atoms with Crippen molar-refractivity contribution in [2.24, 2.45) is 0 Å². The number of amides is 1. The van der Waals surface area contributed by atoms with Gasteiger partial charge in [-0.05, 0) is 12.1 Å². The van der Waals surface area contributed by atoms with E-state index in [4.69, 9.17) is 11.6 Å². The number of nitrogens with zero attached hydrogens (tertiary/aromatic N) is 1. The summed E-state index contributed by atoms with van der Waals surface area (Å²) in [6, 6.07) is 3.46. The van der Waals surface area contributed by atoms with Crippen LogP contribution in [0.25, 0.3) is 10.9 Å². The number of carbonyl (C=O) groups is 1. The molecule has 0 saturated carbocycles. The van der Waals surface area contributed by atoms with Crippen molar-refractivity contribution in [1.29, 1.82) is 0 Å². The van der Waals surface area contributed by atoms with Gasteiger partial charge < -0.3 is 10.3 Å². The predicted molar refractivity (Wildman–Crippen MR) is 54.5 cm³/mol. The van der Waals surface area contributed by atoms with Gasteiger partial charge in [-0.25, -0.2) is 4.98 Å².